The van der Waals surface area contributed by atoms with Crippen LogP contribution in [0.5, 0.6) is 0 Å². The number of anilines is 2. The van der Waals surface area contributed by atoms with Gasteiger partial charge in [-0.2, -0.15) is 0 Å². The Bertz CT molecular complexity index is 495. The molecular formula is C13H16N2S. The van der Waals surface area contributed by atoms with E-state index in [-0.39, 0.29) is 0 Å². The van der Waals surface area contributed by atoms with E-state index in [1.807, 2.05) is 6.92 Å². The second-order valence-electron chi connectivity index (χ2n) is 4.08. The molecular weight excluding hydrogens is 216 g/mol. The summed E-state index contributed by atoms with van der Waals surface area (Å²) in [6.45, 7) is 8.38. The lowest BCUT2D eigenvalue weighted by atomic mass is 10.1. The minimum Gasteiger partial charge on any atom is -0.332 e. The Balaban J connectivity index is 2.23. The van der Waals surface area contributed by atoms with Crippen LogP contribution in [0.2, 0.25) is 0 Å². The van der Waals surface area contributed by atoms with E-state index in [2.05, 4.69) is 49.3 Å². The van der Waals surface area contributed by atoms with Crippen LogP contribution in [0, 0.1) is 27.7 Å². The van der Waals surface area contributed by atoms with E-state index in [1.165, 1.54) is 16.0 Å². The molecule has 0 radical (unpaired) electrons. The highest BCUT2D eigenvalue weighted by Gasteiger charge is 2.04. The van der Waals surface area contributed by atoms with Gasteiger partial charge < -0.3 is 5.32 Å². The molecule has 2 aromatic rings. The van der Waals surface area contributed by atoms with Crippen LogP contribution in [-0.4, -0.2) is 4.98 Å². The zero-order valence-electron chi connectivity index (χ0n) is 10.1. The third-order valence-electron chi connectivity index (χ3n) is 2.79. The van der Waals surface area contributed by atoms with E-state index in [9.17, 15) is 0 Å². The van der Waals surface area contributed by atoms with Gasteiger partial charge in [0.25, 0.3) is 0 Å². The zero-order valence-corrected chi connectivity index (χ0v) is 10.9. The minimum absolute atomic E-state index is 0.971. The molecule has 0 fully saturated rings. The smallest absolute Gasteiger partial charge is 0.187 e. The van der Waals surface area contributed by atoms with Gasteiger partial charge in [-0.25, -0.2) is 4.98 Å². The maximum atomic E-state index is 4.47. The summed E-state index contributed by atoms with van der Waals surface area (Å²) in [5, 5.41) is 4.31. The highest BCUT2D eigenvalue weighted by atomic mass is 32.1. The van der Waals surface area contributed by atoms with Gasteiger partial charge in [0.1, 0.15) is 0 Å². The van der Waals surface area contributed by atoms with Crippen LogP contribution in [0.1, 0.15) is 21.7 Å². The SMILES string of the molecule is Cc1ccc(Nc2nc(C)c(C)s2)cc1C. The van der Waals surface area contributed by atoms with Gasteiger partial charge in [0, 0.05) is 10.6 Å². The second-order valence-corrected chi connectivity index (χ2v) is 5.29. The van der Waals surface area contributed by atoms with Crippen molar-refractivity contribution < 1.29 is 0 Å². The zero-order chi connectivity index (χ0) is 11.7. The van der Waals surface area contributed by atoms with Gasteiger partial charge in [-0.1, -0.05) is 6.07 Å². The van der Waals surface area contributed by atoms with Gasteiger partial charge in [-0.05, 0) is 51.0 Å². The molecule has 0 atom stereocenters. The molecule has 1 heterocycles. The molecule has 0 unspecified atom stereocenters. The topological polar surface area (TPSA) is 24.9 Å². The predicted octanol–water partition coefficient (Wildman–Crippen LogP) is 4.12. The Morgan fingerprint density at radius 1 is 1.06 bits per heavy atom. The van der Waals surface area contributed by atoms with Gasteiger partial charge in [0.2, 0.25) is 0 Å². The summed E-state index contributed by atoms with van der Waals surface area (Å²) in [7, 11) is 0. The summed E-state index contributed by atoms with van der Waals surface area (Å²) < 4.78 is 0. The number of aryl methyl sites for hydroxylation is 4. The molecule has 0 spiro atoms. The monoisotopic (exact) mass is 232 g/mol. The molecule has 84 valence electrons. The lowest BCUT2D eigenvalue weighted by Gasteiger charge is -2.05. The summed E-state index contributed by atoms with van der Waals surface area (Å²) in [5.41, 5.74) is 4.83. The van der Waals surface area contributed by atoms with Gasteiger partial charge in [-0.15, -0.1) is 11.3 Å². The lowest BCUT2D eigenvalue weighted by Crippen LogP contribution is -1.91. The summed E-state index contributed by atoms with van der Waals surface area (Å²) in [6.07, 6.45) is 0. The van der Waals surface area contributed by atoms with Crippen molar-refractivity contribution in [1.82, 2.24) is 4.98 Å². The first-order chi connectivity index (χ1) is 7.56. The van der Waals surface area contributed by atoms with Crippen LogP contribution in [-0.2, 0) is 0 Å². The first-order valence-electron chi connectivity index (χ1n) is 5.34. The molecule has 2 rings (SSSR count). The Morgan fingerprint density at radius 2 is 1.81 bits per heavy atom. The van der Waals surface area contributed by atoms with Crippen molar-refractivity contribution in [2.45, 2.75) is 27.7 Å². The maximum Gasteiger partial charge on any atom is 0.187 e. The van der Waals surface area contributed by atoms with Crippen molar-refractivity contribution in [2.75, 3.05) is 5.32 Å². The third-order valence-corrected chi connectivity index (χ3v) is 3.78. The number of aromatic nitrogens is 1. The van der Waals surface area contributed by atoms with Gasteiger partial charge in [0.15, 0.2) is 5.13 Å². The molecule has 2 nitrogen and oxygen atoms in total. The van der Waals surface area contributed by atoms with Crippen LogP contribution in [0.3, 0.4) is 0 Å². The number of hydrogen-bond donors (Lipinski definition) is 1. The van der Waals surface area contributed by atoms with E-state index in [1.54, 1.807) is 11.3 Å². The van der Waals surface area contributed by atoms with E-state index in [0.29, 0.717) is 0 Å². The first-order valence-corrected chi connectivity index (χ1v) is 6.16. The average molecular weight is 232 g/mol. The van der Waals surface area contributed by atoms with E-state index in [4.69, 9.17) is 0 Å². The van der Waals surface area contributed by atoms with Crippen LogP contribution >= 0.6 is 11.3 Å². The largest absolute Gasteiger partial charge is 0.332 e. The number of thiazole rings is 1. The molecule has 0 amide bonds. The van der Waals surface area contributed by atoms with E-state index < -0.39 is 0 Å². The van der Waals surface area contributed by atoms with Crippen LogP contribution in [0.25, 0.3) is 0 Å². The van der Waals surface area contributed by atoms with Crippen molar-refractivity contribution in [2.24, 2.45) is 0 Å². The fourth-order valence-corrected chi connectivity index (χ4v) is 2.30. The van der Waals surface area contributed by atoms with E-state index >= 15 is 0 Å². The van der Waals surface area contributed by atoms with Crippen molar-refractivity contribution in [3.05, 3.63) is 39.9 Å². The van der Waals surface area contributed by atoms with Crippen LogP contribution in [0.15, 0.2) is 18.2 Å². The molecule has 0 aliphatic carbocycles. The molecule has 16 heavy (non-hydrogen) atoms. The quantitative estimate of drug-likeness (QED) is 0.842. The Kier molecular flexibility index (Phi) is 2.97. The third kappa shape index (κ3) is 2.25. The van der Waals surface area contributed by atoms with Crippen molar-refractivity contribution in [3.63, 3.8) is 0 Å². The second kappa shape index (κ2) is 4.26. The standard InChI is InChI=1S/C13H16N2S/c1-8-5-6-12(7-9(8)2)15-13-14-10(3)11(4)16-13/h5-7H,1-4H3,(H,14,15). The Hall–Kier alpha value is -1.35. The normalized spacial score (nSPS) is 10.5. The molecule has 1 aromatic heterocycles. The summed E-state index contributed by atoms with van der Waals surface area (Å²) in [5.74, 6) is 0. The Morgan fingerprint density at radius 3 is 2.38 bits per heavy atom. The van der Waals surface area contributed by atoms with Gasteiger partial charge >= 0.3 is 0 Å². The molecule has 1 aromatic carbocycles. The number of nitrogens with one attached hydrogen (secondary N) is 1. The predicted molar refractivity (Wildman–Crippen MR) is 70.8 cm³/mol. The number of hydrogen-bond acceptors (Lipinski definition) is 3. The number of nitrogens with zero attached hydrogens (tertiary/aromatic N) is 1. The molecule has 0 saturated carbocycles. The van der Waals surface area contributed by atoms with Gasteiger partial charge in [0.05, 0.1) is 5.69 Å². The minimum atomic E-state index is 0.971. The van der Waals surface area contributed by atoms with E-state index in [0.717, 1.165) is 16.5 Å². The molecule has 0 bridgehead atoms. The van der Waals surface area contributed by atoms with Gasteiger partial charge in [-0.3, -0.25) is 0 Å². The number of rotatable bonds is 2. The highest BCUT2D eigenvalue weighted by Crippen LogP contribution is 2.25. The fraction of sp³-hybridized carbons (Fsp3) is 0.308. The molecule has 0 aliphatic rings. The molecule has 0 saturated heterocycles. The number of benzene rings is 1. The van der Waals surface area contributed by atoms with Crippen LogP contribution < -0.4 is 5.32 Å². The lowest BCUT2D eigenvalue weighted by molar-refractivity contribution is 1.23. The Labute approximate surface area is 100 Å². The maximum absolute atomic E-state index is 4.47. The van der Waals surface area contributed by atoms with Crippen LogP contribution in [0.4, 0.5) is 10.8 Å². The van der Waals surface area contributed by atoms with Crippen molar-refractivity contribution in [1.29, 1.82) is 0 Å². The molecule has 1 N–H and O–H groups in total. The summed E-state index contributed by atoms with van der Waals surface area (Å²) in [6, 6.07) is 6.38. The average Bonchev–Trinajstić information content (AvgIpc) is 2.52. The first kappa shape index (κ1) is 11.1. The molecule has 3 heteroatoms. The summed E-state index contributed by atoms with van der Waals surface area (Å²) in [4.78, 5) is 5.73. The highest BCUT2D eigenvalue weighted by molar-refractivity contribution is 7.15. The van der Waals surface area contributed by atoms with Crippen molar-refractivity contribution >= 4 is 22.2 Å². The molecule has 0 aliphatic heterocycles. The van der Waals surface area contributed by atoms with Crippen molar-refractivity contribution in [3.8, 4) is 0 Å². The summed E-state index contributed by atoms with van der Waals surface area (Å²) >= 11 is 1.70. The fourth-order valence-electron chi connectivity index (χ4n) is 1.47.